The normalized spacial score (nSPS) is 18.7. The molecule has 0 fully saturated rings. The Hall–Kier alpha value is -1.75. The number of halogens is 1. The molecule has 1 atom stereocenters. The highest BCUT2D eigenvalue weighted by atomic mass is 19.1. The summed E-state index contributed by atoms with van der Waals surface area (Å²) in [5.74, 6) is 1.56. The maximum atomic E-state index is 13.2. The van der Waals surface area contributed by atoms with Crippen LogP contribution in [0.5, 0.6) is 0 Å². The Balaban J connectivity index is 2.02. The Labute approximate surface area is 104 Å². The molecule has 0 aliphatic carbocycles. The summed E-state index contributed by atoms with van der Waals surface area (Å²) in [6, 6.07) is 6.36. The number of nitrogens with zero attached hydrogens (tertiary/aromatic N) is 3. The van der Waals surface area contributed by atoms with Crippen LogP contribution in [0.3, 0.4) is 0 Å². The lowest BCUT2D eigenvalue weighted by Crippen LogP contribution is -2.23. The third kappa shape index (κ3) is 1.90. The van der Waals surface area contributed by atoms with Gasteiger partial charge in [0.15, 0.2) is 5.82 Å². The number of rotatable bonds is 2. The first-order valence-corrected chi connectivity index (χ1v) is 6.07. The van der Waals surface area contributed by atoms with Crippen LogP contribution in [0.4, 0.5) is 4.39 Å². The van der Waals surface area contributed by atoms with Crippen molar-refractivity contribution < 1.29 is 9.50 Å². The van der Waals surface area contributed by atoms with Crippen LogP contribution < -0.4 is 0 Å². The molecular formula is C13H14FN3O. The summed E-state index contributed by atoms with van der Waals surface area (Å²) in [6.45, 7) is 0.866. The number of aryl methyl sites for hydroxylation is 1. The van der Waals surface area contributed by atoms with E-state index in [1.807, 2.05) is 10.6 Å². The molecule has 2 heterocycles. The van der Waals surface area contributed by atoms with Crippen molar-refractivity contribution >= 4 is 0 Å². The highest BCUT2D eigenvalue weighted by Gasteiger charge is 2.22. The van der Waals surface area contributed by atoms with Crippen molar-refractivity contribution in [3.05, 3.63) is 35.9 Å². The fourth-order valence-electron chi connectivity index (χ4n) is 2.38. The molecule has 1 aromatic heterocycles. The average molecular weight is 247 g/mol. The second-order valence-electron chi connectivity index (χ2n) is 4.65. The first-order chi connectivity index (χ1) is 8.78. The van der Waals surface area contributed by atoms with Gasteiger partial charge in [-0.2, -0.15) is 0 Å². The smallest absolute Gasteiger partial charge is 0.164 e. The molecule has 0 amide bonds. The molecule has 0 saturated carbocycles. The number of aliphatic hydroxyl groups is 1. The molecule has 18 heavy (non-hydrogen) atoms. The van der Waals surface area contributed by atoms with Crippen LogP contribution in [0, 0.1) is 11.7 Å². The van der Waals surface area contributed by atoms with Crippen LogP contribution in [0.15, 0.2) is 24.3 Å². The van der Waals surface area contributed by atoms with Crippen LogP contribution in [-0.4, -0.2) is 26.5 Å². The van der Waals surface area contributed by atoms with E-state index in [9.17, 15) is 9.50 Å². The van der Waals surface area contributed by atoms with Gasteiger partial charge in [-0.3, -0.25) is 0 Å². The maximum Gasteiger partial charge on any atom is 0.164 e. The van der Waals surface area contributed by atoms with Crippen molar-refractivity contribution in [1.82, 2.24) is 14.8 Å². The minimum atomic E-state index is -0.278. The second kappa shape index (κ2) is 4.49. The Kier molecular flexibility index (Phi) is 2.83. The average Bonchev–Trinajstić information content (AvgIpc) is 2.81. The molecule has 1 aliphatic rings. The number of hydrogen-bond donors (Lipinski definition) is 1. The molecule has 0 bridgehead atoms. The number of aromatic nitrogens is 3. The maximum absolute atomic E-state index is 13.2. The summed E-state index contributed by atoms with van der Waals surface area (Å²) < 4.78 is 15.2. The van der Waals surface area contributed by atoms with Crippen LogP contribution >= 0.6 is 0 Å². The van der Waals surface area contributed by atoms with Gasteiger partial charge in [0.05, 0.1) is 0 Å². The van der Waals surface area contributed by atoms with Crippen LogP contribution in [0.2, 0.25) is 0 Å². The lowest BCUT2D eigenvalue weighted by Gasteiger charge is -2.22. The van der Waals surface area contributed by atoms with Gasteiger partial charge in [-0.05, 0) is 18.6 Å². The van der Waals surface area contributed by atoms with Crippen LogP contribution in [0.1, 0.15) is 12.2 Å². The zero-order valence-corrected chi connectivity index (χ0v) is 9.88. The van der Waals surface area contributed by atoms with E-state index in [1.165, 1.54) is 12.1 Å². The van der Waals surface area contributed by atoms with Gasteiger partial charge in [0.2, 0.25) is 0 Å². The zero-order valence-electron chi connectivity index (χ0n) is 9.88. The SMILES string of the molecule is OCC1CCc2nnc(-c3cccc(F)c3)n2C1. The predicted octanol–water partition coefficient (Wildman–Crippen LogP) is 1.64. The summed E-state index contributed by atoms with van der Waals surface area (Å²) in [5, 5.41) is 17.5. The van der Waals surface area contributed by atoms with E-state index in [4.69, 9.17) is 0 Å². The van der Waals surface area contributed by atoms with Gasteiger partial charge in [0.25, 0.3) is 0 Å². The third-order valence-electron chi connectivity index (χ3n) is 3.39. The van der Waals surface area contributed by atoms with Crippen molar-refractivity contribution in [3.8, 4) is 11.4 Å². The lowest BCUT2D eigenvalue weighted by molar-refractivity contribution is 0.191. The molecule has 2 aromatic rings. The largest absolute Gasteiger partial charge is 0.396 e. The van der Waals surface area contributed by atoms with E-state index < -0.39 is 0 Å². The summed E-state index contributed by atoms with van der Waals surface area (Å²) in [7, 11) is 0. The van der Waals surface area contributed by atoms with E-state index in [0.29, 0.717) is 12.4 Å². The molecular weight excluding hydrogens is 233 g/mol. The number of hydrogen-bond acceptors (Lipinski definition) is 3. The van der Waals surface area contributed by atoms with E-state index >= 15 is 0 Å². The van der Waals surface area contributed by atoms with Gasteiger partial charge >= 0.3 is 0 Å². The van der Waals surface area contributed by atoms with Gasteiger partial charge in [-0.25, -0.2) is 4.39 Å². The standard InChI is InChI=1S/C13H14FN3O/c14-11-3-1-2-10(6-11)13-16-15-12-5-4-9(8-18)7-17(12)13/h1-3,6,9,18H,4-5,7-8H2. The molecule has 5 heteroatoms. The molecule has 1 aliphatic heterocycles. The Morgan fingerprint density at radius 3 is 3.06 bits per heavy atom. The number of benzene rings is 1. The summed E-state index contributed by atoms with van der Waals surface area (Å²) in [6.07, 6.45) is 1.74. The van der Waals surface area contributed by atoms with E-state index in [0.717, 1.165) is 24.2 Å². The molecule has 1 unspecified atom stereocenters. The van der Waals surface area contributed by atoms with Gasteiger partial charge in [-0.15, -0.1) is 10.2 Å². The fraction of sp³-hybridized carbons (Fsp3) is 0.385. The third-order valence-corrected chi connectivity index (χ3v) is 3.39. The molecule has 4 nitrogen and oxygen atoms in total. The first kappa shape index (κ1) is 11.3. The quantitative estimate of drug-likeness (QED) is 0.877. The Morgan fingerprint density at radius 2 is 2.28 bits per heavy atom. The van der Waals surface area contributed by atoms with Crippen molar-refractivity contribution in [2.45, 2.75) is 19.4 Å². The van der Waals surface area contributed by atoms with Crippen LogP contribution in [-0.2, 0) is 13.0 Å². The molecule has 1 aromatic carbocycles. The minimum Gasteiger partial charge on any atom is -0.396 e. The first-order valence-electron chi connectivity index (χ1n) is 6.07. The number of fused-ring (bicyclic) bond motifs is 1. The van der Waals surface area contributed by atoms with Crippen LogP contribution in [0.25, 0.3) is 11.4 Å². The summed E-state index contributed by atoms with van der Waals surface area (Å²) in [4.78, 5) is 0. The van der Waals surface area contributed by atoms with E-state index in [1.54, 1.807) is 6.07 Å². The van der Waals surface area contributed by atoms with Crippen molar-refractivity contribution in [3.63, 3.8) is 0 Å². The molecule has 94 valence electrons. The molecule has 0 saturated heterocycles. The summed E-state index contributed by atoms with van der Waals surface area (Å²) >= 11 is 0. The van der Waals surface area contributed by atoms with E-state index in [-0.39, 0.29) is 18.3 Å². The Morgan fingerprint density at radius 1 is 1.39 bits per heavy atom. The minimum absolute atomic E-state index is 0.167. The topological polar surface area (TPSA) is 50.9 Å². The molecule has 0 spiro atoms. The monoisotopic (exact) mass is 247 g/mol. The molecule has 3 rings (SSSR count). The van der Waals surface area contributed by atoms with E-state index in [2.05, 4.69) is 10.2 Å². The van der Waals surface area contributed by atoms with Crippen molar-refractivity contribution in [2.75, 3.05) is 6.61 Å². The fourth-order valence-corrected chi connectivity index (χ4v) is 2.38. The summed E-state index contributed by atoms with van der Waals surface area (Å²) in [5.41, 5.74) is 0.729. The molecule has 0 radical (unpaired) electrons. The number of aliphatic hydroxyl groups excluding tert-OH is 1. The van der Waals surface area contributed by atoms with Crippen molar-refractivity contribution in [1.29, 1.82) is 0 Å². The predicted molar refractivity (Wildman–Crippen MR) is 64.3 cm³/mol. The molecule has 1 N–H and O–H groups in total. The lowest BCUT2D eigenvalue weighted by atomic mass is 10.00. The van der Waals surface area contributed by atoms with Gasteiger partial charge in [0, 0.05) is 31.1 Å². The van der Waals surface area contributed by atoms with Crippen molar-refractivity contribution in [2.24, 2.45) is 5.92 Å². The van der Waals surface area contributed by atoms with Gasteiger partial charge < -0.3 is 9.67 Å². The van der Waals surface area contributed by atoms with Gasteiger partial charge in [0.1, 0.15) is 11.6 Å². The van der Waals surface area contributed by atoms with Gasteiger partial charge in [-0.1, -0.05) is 12.1 Å². The Bertz CT molecular complexity index is 567. The second-order valence-corrected chi connectivity index (χ2v) is 4.65. The highest BCUT2D eigenvalue weighted by Crippen LogP contribution is 2.25. The highest BCUT2D eigenvalue weighted by molar-refractivity contribution is 5.55. The zero-order chi connectivity index (χ0) is 12.5.